The van der Waals surface area contributed by atoms with E-state index < -0.39 is 0 Å². The van der Waals surface area contributed by atoms with Crippen LogP contribution in [0.5, 0.6) is 6.01 Å². The number of nitrogens with one attached hydrogen (secondary N) is 1. The fraction of sp³-hybridized carbons (Fsp3) is 0.750. The van der Waals surface area contributed by atoms with Crippen molar-refractivity contribution in [2.45, 2.75) is 39.9 Å². The molecule has 0 aliphatic heterocycles. The van der Waals surface area contributed by atoms with Crippen molar-refractivity contribution in [3.63, 3.8) is 0 Å². The molecule has 0 unspecified atom stereocenters. The highest BCUT2D eigenvalue weighted by Crippen LogP contribution is 2.14. The van der Waals surface area contributed by atoms with Crippen LogP contribution in [0.2, 0.25) is 0 Å². The highest BCUT2D eigenvalue weighted by atomic mass is 16.5. The van der Waals surface area contributed by atoms with Crippen LogP contribution in [0.3, 0.4) is 0 Å². The van der Waals surface area contributed by atoms with Gasteiger partial charge in [-0.25, -0.2) is 5.84 Å². The summed E-state index contributed by atoms with van der Waals surface area (Å²) in [6, 6.07) is 0.245. The summed E-state index contributed by atoms with van der Waals surface area (Å²) in [5.41, 5.74) is 2.41. The molecule has 1 aromatic heterocycles. The molecule has 114 valence electrons. The van der Waals surface area contributed by atoms with Crippen molar-refractivity contribution in [1.29, 1.82) is 0 Å². The molecule has 0 aliphatic carbocycles. The standard InChI is InChI=1S/C12H24N6O2/c1-8(2)19-7-6-18(5)11-14-10(17-13)15-12(16-11)20-9(3)4/h8-9H,6-7,13H2,1-5H3,(H,14,15,16,17). The molecule has 1 aromatic rings. The Hall–Kier alpha value is -1.67. The van der Waals surface area contributed by atoms with Gasteiger partial charge in [0.05, 0.1) is 18.8 Å². The first-order chi connectivity index (χ1) is 9.42. The average molecular weight is 284 g/mol. The summed E-state index contributed by atoms with van der Waals surface area (Å²) in [6.45, 7) is 9.04. The number of ether oxygens (including phenoxy) is 2. The predicted molar refractivity (Wildman–Crippen MR) is 77.8 cm³/mol. The second kappa shape index (κ2) is 7.81. The number of nitrogens with two attached hydrogens (primary N) is 1. The zero-order chi connectivity index (χ0) is 15.1. The van der Waals surface area contributed by atoms with Crippen LogP contribution in [0.25, 0.3) is 0 Å². The Morgan fingerprint density at radius 1 is 1.15 bits per heavy atom. The Kier molecular flexibility index (Phi) is 6.40. The zero-order valence-electron chi connectivity index (χ0n) is 12.8. The molecule has 1 rings (SSSR count). The van der Waals surface area contributed by atoms with E-state index in [0.717, 1.165) is 0 Å². The Morgan fingerprint density at radius 3 is 2.40 bits per heavy atom. The number of anilines is 2. The molecule has 0 radical (unpaired) electrons. The quantitative estimate of drug-likeness (QED) is 0.534. The maximum atomic E-state index is 5.50. The molecule has 0 aliphatic rings. The Morgan fingerprint density at radius 2 is 1.85 bits per heavy atom. The lowest BCUT2D eigenvalue weighted by Crippen LogP contribution is -2.27. The molecule has 0 fully saturated rings. The first-order valence-corrected chi connectivity index (χ1v) is 6.64. The number of aromatic nitrogens is 3. The summed E-state index contributed by atoms with van der Waals surface area (Å²) in [6.07, 6.45) is 0.174. The molecular formula is C12H24N6O2. The normalized spacial score (nSPS) is 11.0. The number of hydrazine groups is 1. The topological polar surface area (TPSA) is 98.4 Å². The SMILES string of the molecule is CC(C)OCCN(C)c1nc(NN)nc(OC(C)C)n1. The summed E-state index contributed by atoms with van der Waals surface area (Å²) in [7, 11) is 1.87. The van der Waals surface area contributed by atoms with Crippen LogP contribution >= 0.6 is 0 Å². The van der Waals surface area contributed by atoms with Gasteiger partial charge in [-0.2, -0.15) is 15.0 Å². The lowest BCUT2D eigenvalue weighted by atomic mass is 10.5. The van der Waals surface area contributed by atoms with Gasteiger partial charge < -0.3 is 14.4 Å². The van der Waals surface area contributed by atoms with Gasteiger partial charge in [0.25, 0.3) is 0 Å². The van der Waals surface area contributed by atoms with Gasteiger partial charge in [0.15, 0.2) is 0 Å². The van der Waals surface area contributed by atoms with Crippen LogP contribution < -0.4 is 20.9 Å². The number of hydrogen-bond donors (Lipinski definition) is 2. The van der Waals surface area contributed by atoms with E-state index in [4.69, 9.17) is 15.3 Å². The van der Waals surface area contributed by atoms with Crippen molar-refractivity contribution < 1.29 is 9.47 Å². The minimum absolute atomic E-state index is 0.0227. The Balaban J connectivity index is 2.76. The minimum Gasteiger partial charge on any atom is -0.461 e. The van der Waals surface area contributed by atoms with Gasteiger partial charge >= 0.3 is 6.01 Å². The third kappa shape index (κ3) is 5.54. The summed E-state index contributed by atoms with van der Waals surface area (Å²) < 4.78 is 11.0. The van der Waals surface area contributed by atoms with Gasteiger partial charge in [-0.3, -0.25) is 5.43 Å². The van der Waals surface area contributed by atoms with Gasteiger partial charge in [0.1, 0.15) is 0 Å². The summed E-state index contributed by atoms with van der Waals surface area (Å²) in [5.74, 6) is 6.11. The van der Waals surface area contributed by atoms with Crippen LogP contribution in [0.15, 0.2) is 0 Å². The smallest absolute Gasteiger partial charge is 0.323 e. The second-order valence-corrected chi connectivity index (χ2v) is 4.89. The molecule has 0 bridgehead atoms. The molecule has 0 saturated heterocycles. The lowest BCUT2D eigenvalue weighted by molar-refractivity contribution is 0.0844. The number of rotatable bonds is 8. The molecule has 1 heterocycles. The van der Waals surface area contributed by atoms with Crippen LogP contribution in [0.4, 0.5) is 11.9 Å². The average Bonchev–Trinajstić information content (AvgIpc) is 2.36. The highest BCUT2D eigenvalue weighted by Gasteiger charge is 2.12. The van der Waals surface area contributed by atoms with Crippen molar-refractivity contribution in [1.82, 2.24) is 15.0 Å². The maximum Gasteiger partial charge on any atom is 0.323 e. The van der Waals surface area contributed by atoms with E-state index in [2.05, 4.69) is 20.4 Å². The van der Waals surface area contributed by atoms with E-state index in [9.17, 15) is 0 Å². The van der Waals surface area contributed by atoms with Crippen molar-refractivity contribution in [3.05, 3.63) is 0 Å². The van der Waals surface area contributed by atoms with Crippen molar-refractivity contribution in [2.75, 3.05) is 30.5 Å². The third-order valence-corrected chi connectivity index (χ3v) is 2.29. The van der Waals surface area contributed by atoms with Crippen molar-refractivity contribution in [2.24, 2.45) is 5.84 Å². The van der Waals surface area contributed by atoms with Gasteiger partial charge in [0.2, 0.25) is 11.9 Å². The first kappa shape index (κ1) is 16.4. The molecule has 0 amide bonds. The fourth-order valence-electron chi connectivity index (χ4n) is 1.37. The van der Waals surface area contributed by atoms with E-state index in [0.29, 0.717) is 19.1 Å². The Bertz CT molecular complexity index is 413. The van der Waals surface area contributed by atoms with Crippen LogP contribution in [-0.2, 0) is 4.74 Å². The lowest BCUT2D eigenvalue weighted by Gasteiger charge is -2.19. The van der Waals surface area contributed by atoms with Gasteiger partial charge in [-0.15, -0.1) is 0 Å². The number of likely N-dealkylation sites (N-methyl/N-ethyl adjacent to an activating group) is 1. The van der Waals surface area contributed by atoms with Gasteiger partial charge in [0, 0.05) is 13.6 Å². The molecule has 0 aromatic carbocycles. The fourth-order valence-corrected chi connectivity index (χ4v) is 1.37. The van der Waals surface area contributed by atoms with Gasteiger partial charge in [-0.05, 0) is 27.7 Å². The zero-order valence-corrected chi connectivity index (χ0v) is 12.8. The predicted octanol–water partition coefficient (Wildman–Crippen LogP) is 0.806. The number of nitrogens with zero attached hydrogens (tertiary/aromatic N) is 4. The van der Waals surface area contributed by atoms with Crippen molar-refractivity contribution in [3.8, 4) is 6.01 Å². The first-order valence-electron chi connectivity index (χ1n) is 6.64. The summed E-state index contributed by atoms with van der Waals surface area (Å²) in [4.78, 5) is 14.3. The molecular weight excluding hydrogens is 260 g/mol. The highest BCUT2D eigenvalue weighted by molar-refractivity contribution is 5.36. The largest absolute Gasteiger partial charge is 0.461 e. The van der Waals surface area contributed by atoms with Gasteiger partial charge in [-0.1, -0.05) is 0 Å². The molecule has 0 atom stereocenters. The minimum atomic E-state index is -0.0227. The van der Waals surface area contributed by atoms with E-state index in [1.807, 2.05) is 39.6 Å². The Labute approximate surface area is 119 Å². The van der Waals surface area contributed by atoms with Crippen LogP contribution in [0.1, 0.15) is 27.7 Å². The monoisotopic (exact) mass is 284 g/mol. The number of hydrogen-bond acceptors (Lipinski definition) is 8. The number of nitrogen functional groups attached to an aromatic ring is 1. The van der Waals surface area contributed by atoms with E-state index in [-0.39, 0.29) is 24.2 Å². The van der Waals surface area contributed by atoms with E-state index >= 15 is 0 Å². The summed E-state index contributed by atoms with van der Waals surface area (Å²) in [5, 5.41) is 0. The molecule has 8 nitrogen and oxygen atoms in total. The molecule has 8 heteroatoms. The maximum absolute atomic E-state index is 5.50. The third-order valence-electron chi connectivity index (χ3n) is 2.29. The van der Waals surface area contributed by atoms with Crippen LogP contribution in [-0.4, -0.2) is 47.4 Å². The molecule has 3 N–H and O–H groups in total. The van der Waals surface area contributed by atoms with Crippen molar-refractivity contribution >= 4 is 11.9 Å². The van der Waals surface area contributed by atoms with E-state index in [1.165, 1.54) is 0 Å². The van der Waals surface area contributed by atoms with E-state index in [1.54, 1.807) is 0 Å². The molecule has 0 spiro atoms. The summed E-state index contributed by atoms with van der Waals surface area (Å²) >= 11 is 0. The molecule has 20 heavy (non-hydrogen) atoms. The van der Waals surface area contributed by atoms with Crippen LogP contribution in [0, 0.1) is 0 Å². The second-order valence-electron chi connectivity index (χ2n) is 4.89. The molecule has 0 saturated carbocycles.